The molecule has 7 nitrogen and oxygen atoms in total. The smallest absolute Gasteiger partial charge is 0.439 e. The van der Waals surface area contributed by atoms with Crippen molar-refractivity contribution < 1.29 is 40.3 Å². The Labute approximate surface area is 210 Å². The highest BCUT2D eigenvalue weighted by atomic mass is 32.1. The number of ether oxygens (including phenoxy) is 2. The molecule has 0 spiro atoms. The van der Waals surface area contributed by atoms with Crippen LogP contribution in [0.2, 0.25) is 0 Å². The van der Waals surface area contributed by atoms with Gasteiger partial charge in [0.2, 0.25) is 0 Å². The van der Waals surface area contributed by atoms with E-state index in [-0.39, 0.29) is 35.9 Å². The van der Waals surface area contributed by atoms with Gasteiger partial charge in [-0.15, -0.1) is 11.3 Å². The quantitative estimate of drug-likeness (QED) is 0.306. The Morgan fingerprint density at radius 3 is 2.43 bits per heavy atom. The molecule has 1 fully saturated rings. The van der Waals surface area contributed by atoms with Gasteiger partial charge in [0, 0.05) is 12.0 Å². The van der Waals surface area contributed by atoms with Crippen LogP contribution in [0.3, 0.4) is 0 Å². The molecule has 1 aromatic carbocycles. The lowest BCUT2D eigenvalue weighted by molar-refractivity contribution is -0.182. The van der Waals surface area contributed by atoms with Crippen LogP contribution in [0.25, 0.3) is 11.4 Å². The van der Waals surface area contributed by atoms with E-state index in [0.717, 1.165) is 12.1 Å². The molecule has 1 N–H and O–H groups in total. The Balaban J connectivity index is 1.57. The Kier molecular flexibility index (Phi) is 7.85. The van der Waals surface area contributed by atoms with E-state index in [9.17, 15) is 31.1 Å². The fraction of sp³-hybridized carbons (Fsp3) is 0.522. The highest BCUT2D eigenvalue weighted by Gasteiger charge is 2.42. The minimum Gasteiger partial charge on any atom is -0.482 e. The molecule has 1 unspecified atom stereocenters. The van der Waals surface area contributed by atoms with Crippen LogP contribution >= 0.6 is 11.3 Å². The van der Waals surface area contributed by atoms with Crippen molar-refractivity contribution in [2.45, 2.75) is 70.8 Å². The highest BCUT2D eigenvalue weighted by molar-refractivity contribution is 7.11. The predicted molar refractivity (Wildman–Crippen MR) is 120 cm³/mol. The largest absolute Gasteiger partial charge is 0.482 e. The van der Waals surface area contributed by atoms with Crippen LogP contribution in [0, 0.1) is 18.7 Å². The Morgan fingerprint density at radius 2 is 1.86 bits per heavy atom. The van der Waals surface area contributed by atoms with Crippen LogP contribution in [0.5, 0.6) is 11.5 Å². The first-order valence-electron chi connectivity index (χ1n) is 11.5. The van der Waals surface area contributed by atoms with E-state index in [1.165, 1.54) is 11.3 Å². The molecule has 0 radical (unpaired) electrons. The molecule has 202 valence electrons. The van der Waals surface area contributed by atoms with Gasteiger partial charge in [0.25, 0.3) is 0 Å². The summed E-state index contributed by atoms with van der Waals surface area (Å²) in [6, 6.07) is 1.76. The van der Waals surface area contributed by atoms with Crippen molar-refractivity contribution in [3.8, 4) is 22.9 Å². The maximum Gasteiger partial charge on any atom is 0.439 e. The second-order valence-electron chi connectivity index (χ2n) is 8.71. The van der Waals surface area contributed by atoms with E-state index in [2.05, 4.69) is 24.4 Å². The van der Waals surface area contributed by atoms with E-state index in [1.807, 2.05) is 0 Å². The number of hydrogen-bond acceptors (Lipinski definition) is 7. The minimum atomic E-state index is -4.20. The van der Waals surface area contributed by atoms with Crippen LogP contribution in [0.4, 0.5) is 26.3 Å². The van der Waals surface area contributed by atoms with E-state index < -0.39 is 42.1 Å². The number of aromatic nitrogens is 3. The number of nitrogens with zero attached hydrogens (tertiary/aromatic N) is 2. The van der Waals surface area contributed by atoms with Crippen molar-refractivity contribution in [1.82, 2.24) is 15.1 Å². The van der Waals surface area contributed by atoms with E-state index in [1.54, 1.807) is 13.8 Å². The summed E-state index contributed by atoms with van der Waals surface area (Å²) in [4.78, 5) is 18.6. The number of benzene rings is 1. The van der Waals surface area contributed by atoms with Gasteiger partial charge in [-0.2, -0.15) is 22.0 Å². The highest BCUT2D eigenvalue weighted by Crippen LogP contribution is 2.45. The molecule has 37 heavy (non-hydrogen) atoms. The van der Waals surface area contributed by atoms with Crippen molar-refractivity contribution in [2.75, 3.05) is 0 Å². The lowest BCUT2D eigenvalue weighted by Gasteiger charge is -2.28. The average Bonchev–Trinajstić information content (AvgIpc) is 3.44. The van der Waals surface area contributed by atoms with Crippen molar-refractivity contribution in [3.63, 3.8) is 0 Å². The number of aromatic amines is 1. The summed E-state index contributed by atoms with van der Waals surface area (Å²) in [7, 11) is 0. The van der Waals surface area contributed by atoms with Crippen LogP contribution in [-0.4, -0.2) is 27.9 Å². The molecular weight excluding hydrogens is 528 g/mol. The fourth-order valence-corrected chi connectivity index (χ4v) is 5.75. The monoisotopic (exact) mass is 551 g/mol. The molecule has 2 aromatic heterocycles. The lowest BCUT2D eigenvalue weighted by atomic mass is 9.82. The van der Waals surface area contributed by atoms with Crippen LogP contribution in [0.1, 0.15) is 66.6 Å². The number of hydrogen-bond donors (Lipinski definition) is 1. The zero-order valence-corrected chi connectivity index (χ0v) is 20.5. The van der Waals surface area contributed by atoms with Crippen molar-refractivity contribution in [3.05, 3.63) is 44.1 Å². The summed E-state index contributed by atoms with van der Waals surface area (Å²) in [5, 5.41) is 4.08. The zero-order chi connectivity index (χ0) is 26.9. The number of thiazole rings is 1. The number of aryl methyl sites for hydroxylation is 1. The lowest BCUT2D eigenvalue weighted by Crippen LogP contribution is -2.27. The first kappa shape index (κ1) is 27.0. The van der Waals surface area contributed by atoms with E-state index >= 15 is 0 Å². The van der Waals surface area contributed by atoms with Gasteiger partial charge in [0.05, 0.1) is 27.1 Å². The number of nitrogens with one attached hydrogen (secondary N) is 1. The van der Waals surface area contributed by atoms with Gasteiger partial charge < -0.3 is 9.47 Å². The molecule has 1 saturated carbocycles. The normalized spacial score (nSPS) is 19.3. The third kappa shape index (κ3) is 6.11. The first-order chi connectivity index (χ1) is 17.5. The molecule has 0 aliphatic heterocycles. The molecule has 3 aromatic rings. The van der Waals surface area contributed by atoms with Gasteiger partial charge >= 0.3 is 18.5 Å². The maximum atomic E-state index is 15.0. The Morgan fingerprint density at radius 1 is 1.16 bits per heavy atom. The molecule has 4 rings (SSSR count). The van der Waals surface area contributed by atoms with Crippen LogP contribution < -0.4 is 15.2 Å². The number of rotatable bonds is 8. The maximum absolute atomic E-state index is 15.0. The Bertz CT molecular complexity index is 1280. The molecule has 0 bridgehead atoms. The summed E-state index contributed by atoms with van der Waals surface area (Å²) in [6.07, 6.45) is -3.73. The summed E-state index contributed by atoms with van der Waals surface area (Å²) >= 11 is 1.30. The van der Waals surface area contributed by atoms with Gasteiger partial charge in [-0.25, -0.2) is 14.2 Å². The van der Waals surface area contributed by atoms with Crippen molar-refractivity contribution >= 4 is 11.3 Å². The summed E-state index contributed by atoms with van der Waals surface area (Å²) in [5.74, 6) is -4.48. The number of halogens is 6. The predicted octanol–water partition coefficient (Wildman–Crippen LogP) is 6.90. The van der Waals surface area contributed by atoms with Gasteiger partial charge in [-0.3, -0.25) is 9.51 Å². The van der Waals surface area contributed by atoms with Gasteiger partial charge in [0.15, 0.2) is 17.4 Å². The van der Waals surface area contributed by atoms with Gasteiger partial charge in [-0.05, 0) is 45.1 Å². The van der Waals surface area contributed by atoms with Crippen molar-refractivity contribution in [2.24, 2.45) is 5.92 Å². The molecule has 2 heterocycles. The standard InChI is InChI=1S/C23H23F6N3O4S/c1-3-15(18-10(2)30-20(37-18)11-4-6-12(7-5-11)23(27,28)29)34-17-9-16(35-21(25)26)13(8-14(17)24)19-31-22(33)36-32-19/h8-9,11-12,15,21H,3-7H2,1-2H3,(H,31,32,33)/t11-,12-,15?. The minimum absolute atomic E-state index is 0.0388. The van der Waals surface area contributed by atoms with Crippen molar-refractivity contribution in [1.29, 1.82) is 0 Å². The third-order valence-corrected chi connectivity index (χ3v) is 7.68. The Hall–Kier alpha value is -3.03. The average molecular weight is 552 g/mol. The van der Waals surface area contributed by atoms with Gasteiger partial charge in [0.1, 0.15) is 11.9 Å². The fourth-order valence-electron chi connectivity index (χ4n) is 4.40. The third-order valence-electron chi connectivity index (χ3n) is 6.27. The van der Waals surface area contributed by atoms with E-state index in [0.29, 0.717) is 34.8 Å². The number of H-pyrrole nitrogens is 1. The number of alkyl halides is 5. The van der Waals surface area contributed by atoms with Crippen LogP contribution in [-0.2, 0) is 0 Å². The second-order valence-corrected chi connectivity index (χ2v) is 9.77. The first-order valence-corrected chi connectivity index (χ1v) is 12.3. The molecule has 14 heteroatoms. The summed E-state index contributed by atoms with van der Waals surface area (Å²) in [6.45, 7) is 0.256. The van der Waals surface area contributed by atoms with E-state index in [4.69, 9.17) is 4.74 Å². The summed E-state index contributed by atoms with van der Waals surface area (Å²) < 4.78 is 94.8. The molecule has 1 aliphatic carbocycles. The molecule has 1 atom stereocenters. The topological polar surface area (TPSA) is 90.2 Å². The zero-order valence-electron chi connectivity index (χ0n) is 19.7. The molecule has 1 aliphatic rings. The van der Waals surface area contributed by atoms with Crippen LogP contribution in [0.15, 0.2) is 21.5 Å². The second kappa shape index (κ2) is 10.8. The van der Waals surface area contributed by atoms with Gasteiger partial charge in [-0.1, -0.05) is 12.1 Å². The summed E-state index contributed by atoms with van der Waals surface area (Å²) in [5.41, 5.74) is 0.334. The molecule has 0 amide bonds. The SMILES string of the molecule is CCC(Oc1cc(OC(F)F)c(-c2noc(=O)[nH]2)cc1F)c1sc([C@H]2CC[C@H](C(F)(F)F)CC2)nc1C. The molecule has 0 saturated heterocycles. The molecular formula is C23H23F6N3O4S.